The van der Waals surface area contributed by atoms with E-state index in [0.29, 0.717) is 18.7 Å². The molecule has 0 spiro atoms. The van der Waals surface area contributed by atoms with E-state index in [4.69, 9.17) is 4.74 Å². The molecule has 0 unspecified atom stereocenters. The molecule has 32 heavy (non-hydrogen) atoms. The van der Waals surface area contributed by atoms with Crippen molar-refractivity contribution in [1.29, 1.82) is 0 Å². The largest absolute Gasteiger partial charge is 0.494 e. The van der Waals surface area contributed by atoms with Crippen LogP contribution in [0.3, 0.4) is 0 Å². The molecule has 0 atom stereocenters. The van der Waals surface area contributed by atoms with Crippen LogP contribution in [-0.4, -0.2) is 24.7 Å². The summed E-state index contributed by atoms with van der Waals surface area (Å²) in [4.78, 5) is 14.6. The summed E-state index contributed by atoms with van der Waals surface area (Å²) < 4.78 is 6.83. The normalized spacial score (nSPS) is 15.9. The summed E-state index contributed by atoms with van der Waals surface area (Å²) in [5, 5.41) is 5.97. The van der Waals surface area contributed by atoms with Gasteiger partial charge in [0.2, 0.25) is 0 Å². The number of anilines is 2. The van der Waals surface area contributed by atoms with Gasteiger partial charge in [0, 0.05) is 45.2 Å². The molecule has 6 heteroatoms. The molecule has 2 aliphatic rings. The molecule has 2 fully saturated rings. The number of hydrogen-bond donors (Lipinski definition) is 2. The van der Waals surface area contributed by atoms with Crippen molar-refractivity contribution in [1.82, 2.24) is 5.32 Å². The Morgan fingerprint density at radius 1 is 1.12 bits per heavy atom. The van der Waals surface area contributed by atoms with Crippen molar-refractivity contribution in [2.24, 2.45) is 0 Å². The lowest BCUT2D eigenvalue weighted by atomic mass is 9.90. The Balaban J connectivity index is 1.50. The van der Waals surface area contributed by atoms with Gasteiger partial charge in [-0.25, -0.2) is 4.79 Å². The summed E-state index contributed by atoms with van der Waals surface area (Å²) in [6.45, 7) is 7.67. The van der Waals surface area contributed by atoms with E-state index in [9.17, 15) is 4.79 Å². The van der Waals surface area contributed by atoms with Crippen LogP contribution in [0, 0.1) is 0 Å². The van der Waals surface area contributed by atoms with Crippen LogP contribution in [0.4, 0.5) is 16.2 Å². The molecule has 2 N–H and O–H groups in total. The van der Waals surface area contributed by atoms with Gasteiger partial charge in [0.25, 0.3) is 0 Å². The van der Waals surface area contributed by atoms with Gasteiger partial charge in [0.15, 0.2) is 0 Å². The van der Waals surface area contributed by atoms with E-state index in [1.54, 1.807) is 0 Å². The molecule has 0 heterocycles. The Morgan fingerprint density at radius 2 is 1.84 bits per heavy atom. The summed E-state index contributed by atoms with van der Waals surface area (Å²) in [6.07, 6.45) is 7.04. The summed E-state index contributed by atoms with van der Waals surface area (Å²) in [7, 11) is 0. The number of carbonyl (C=O) groups is 1. The smallest absolute Gasteiger partial charge is 0.319 e. The van der Waals surface area contributed by atoms with Gasteiger partial charge < -0.3 is 20.3 Å². The first-order valence-electron chi connectivity index (χ1n) is 11.6. The summed E-state index contributed by atoms with van der Waals surface area (Å²) in [5.74, 6) is 0.894. The molecule has 2 saturated carbocycles. The fraction of sp³-hybridized carbons (Fsp3) is 0.423. The SMILES string of the molecule is C=C(I)c1ccc(OCC)cc1N(Cc1ccc(NC(=O)NC2CCC2)cc1)C1CCC1. The van der Waals surface area contributed by atoms with Crippen LogP contribution < -0.4 is 20.3 Å². The highest BCUT2D eigenvalue weighted by Crippen LogP contribution is 2.39. The Labute approximate surface area is 204 Å². The zero-order chi connectivity index (χ0) is 22.5. The maximum Gasteiger partial charge on any atom is 0.319 e. The molecule has 0 aromatic heterocycles. The van der Waals surface area contributed by atoms with Crippen molar-refractivity contribution >= 4 is 43.6 Å². The number of rotatable bonds is 9. The van der Waals surface area contributed by atoms with Crippen molar-refractivity contribution in [3.63, 3.8) is 0 Å². The molecule has 0 aliphatic heterocycles. The third kappa shape index (κ3) is 5.57. The second-order valence-electron chi connectivity index (χ2n) is 8.65. The molecule has 0 radical (unpaired) electrons. The van der Waals surface area contributed by atoms with Crippen molar-refractivity contribution in [2.45, 2.75) is 64.1 Å². The van der Waals surface area contributed by atoms with Crippen LogP contribution in [-0.2, 0) is 6.54 Å². The van der Waals surface area contributed by atoms with E-state index in [2.05, 4.69) is 69.0 Å². The van der Waals surface area contributed by atoms with Gasteiger partial charge in [-0.1, -0.05) is 18.7 Å². The monoisotopic (exact) mass is 545 g/mol. The maximum atomic E-state index is 12.1. The number of nitrogens with one attached hydrogen (secondary N) is 2. The molecule has 2 aliphatic carbocycles. The summed E-state index contributed by atoms with van der Waals surface area (Å²) >= 11 is 2.31. The third-order valence-electron chi connectivity index (χ3n) is 6.40. The number of ether oxygens (including phenoxy) is 1. The van der Waals surface area contributed by atoms with Gasteiger partial charge in [-0.15, -0.1) is 0 Å². The van der Waals surface area contributed by atoms with E-state index >= 15 is 0 Å². The fourth-order valence-corrected chi connectivity index (χ4v) is 4.60. The first-order valence-corrected chi connectivity index (χ1v) is 12.7. The van der Waals surface area contributed by atoms with Crippen LogP contribution in [0.1, 0.15) is 56.6 Å². The molecular formula is C26H32IN3O2. The molecule has 2 amide bonds. The summed E-state index contributed by atoms with van der Waals surface area (Å²) in [5.41, 5.74) is 4.38. The predicted octanol–water partition coefficient (Wildman–Crippen LogP) is 6.72. The van der Waals surface area contributed by atoms with E-state index < -0.39 is 0 Å². The second-order valence-corrected chi connectivity index (χ2v) is 9.95. The highest BCUT2D eigenvalue weighted by atomic mass is 127. The molecule has 4 rings (SSSR count). The second kappa shape index (κ2) is 10.6. The number of amides is 2. The average molecular weight is 545 g/mol. The highest BCUT2D eigenvalue weighted by Gasteiger charge is 2.27. The van der Waals surface area contributed by atoms with E-state index in [1.165, 1.54) is 36.9 Å². The van der Waals surface area contributed by atoms with Crippen LogP contribution in [0.25, 0.3) is 3.58 Å². The van der Waals surface area contributed by atoms with Crippen LogP contribution in [0.2, 0.25) is 0 Å². The molecule has 0 saturated heterocycles. The molecule has 2 aromatic carbocycles. The zero-order valence-electron chi connectivity index (χ0n) is 18.7. The van der Waals surface area contributed by atoms with Crippen molar-refractivity contribution in [3.05, 3.63) is 60.2 Å². The third-order valence-corrected chi connectivity index (χ3v) is 6.98. The Hall–Kier alpha value is -2.22. The van der Waals surface area contributed by atoms with Gasteiger partial charge in [0.05, 0.1) is 6.61 Å². The van der Waals surface area contributed by atoms with Crippen molar-refractivity contribution < 1.29 is 9.53 Å². The van der Waals surface area contributed by atoms with Gasteiger partial charge in [-0.2, -0.15) is 0 Å². The lowest BCUT2D eigenvalue weighted by molar-refractivity contribution is 0.240. The van der Waals surface area contributed by atoms with Gasteiger partial charge >= 0.3 is 6.03 Å². The van der Waals surface area contributed by atoms with Crippen LogP contribution >= 0.6 is 22.6 Å². The van der Waals surface area contributed by atoms with Crippen LogP contribution in [0.5, 0.6) is 5.75 Å². The van der Waals surface area contributed by atoms with Crippen molar-refractivity contribution in [2.75, 3.05) is 16.8 Å². The Kier molecular flexibility index (Phi) is 7.60. The van der Waals surface area contributed by atoms with Gasteiger partial charge in [0.1, 0.15) is 5.75 Å². The number of hydrogen-bond acceptors (Lipinski definition) is 3. The number of urea groups is 1. The number of halogens is 1. The summed E-state index contributed by atoms with van der Waals surface area (Å²) in [6, 6.07) is 15.2. The standard InChI is InChI=1S/C26H32IN3O2/c1-3-32-23-14-15-24(18(2)27)25(16-23)30(22-8-5-9-22)17-19-10-12-21(13-11-19)29-26(31)28-20-6-4-7-20/h10-16,20,22H,2-9,17H2,1H3,(H2,28,29,31). The lowest BCUT2D eigenvalue weighted by Crippen LogP contribution is -2.41. The fourth-order valence-electron chi connectivity index (χ4n) is 4.14. The zero-order valence-corrected chi connectivity index (χ0v) is 20.9. The number of carbonyl (C=O) groups excluding carboxylic acids is 1. The predicted molar refractivity (Wildman–Crippen MR) is 141 cm³/mol. The Bertz CT molecular complexity index is 952. The quantitative estimate of drug-likeness (QED) is 0.344. The lowest BCUT2D eigenvalue weighted by Gasteiger charge is -2.40. The van der Waals surface area contributed by atoms with E-state index in [1.807, 2.05) is 25.1 Å². The molecule has 170 valence electrons. The minimum Gasteiger partial charge on any atom is -0.494 e. The van der Waals surface area contributed by atoms with E-state index in [0.717, 1.165) is 40.0 Å². The van der Waals surface area contributed by atoms with Gasteiger partial charge in [-0.05, 0) is 97.9 Å². The van der Waals surface area contributed by atoms with Gasteiger partial charge in [-0.3, -0.25) is 0 Å². The number of benzene rings is 2. The highest BCUT2D eigenvalue weighted by molar-refractivity contribution is 14.1. The molecule has 0 bridgehead atoms. The number of nitrogens with zero attached hydrogens (tertiary/aromatic N) is 1. The maximum absolute atomic E-state index is 12.1. The Morgan fingerprint density at radius 3 is 2.41 bits per heavy atom. The first-order chi connectivity index (χ1) is 15.5. The minimum absolute atomic E-state index is 0.114. The van der Waals surface area contributed by atoms with E-state index in [-0.39, 0.29) is 6.03 Å². The average Bonchev–Trinajstić information content (AvgIpc) is 2.70. The topological polar surface area (TPSA) is 53.6 Å². The van der Waals surface area contributed by atoms with Crippen molar-refractivity contribution in [3.8, 4) is 5.75 Å². The molecule has 2 aromatic rings. The molecule has 5 nitrogen and oxygen atoms in total. The van der Waals surface area contributed by atoms with Crippen LogP contribution in [0.15, 0.2) is 49.0 Å². The molecular weight excluding hydrogens is 513 g/mol. The first kappa shape index (κ1) is 23.0. The minimum atomic E-state index is -0.114.